The van der Waals surface area contributed by atoms with E-state index in [2.05, 4.69) is 10.3 Å². The van der Waals surface area contributed by atoms with E-state index in [-0.39, 0.29) is 17.0 Å². The zero-order chi connectivity index (χ0) is 22.0. The number of anilines is 2. The van der Waals surface area contributed by atoms with Crippen LogP contribution >= 0.6 is 11.3 Å². The van der Waals surface area contributed by atoms with Gasteiger partial charge in [-0.3, -0.25) is 14.4 Å². The topological polar surface area (TPSA) is 79.4 Å². The summed E-state index contributed by atoms with van der Waals surface area (Å²) in [5, 5.41) is 3.25. The second kappa shape index (κ2) is 8.49. The van der Waals surface area contributed by atoms with Crippen LogP contribution in [0.1, 0.15) is 22.8 Å². The minimum absolute atomic E-state index is 0.107. The molecule has 3 aromatic carbocycles. The summed E-state index contributed by atoms with van der Waals surface area (Å²) in [6.45, 7) is 3.78. The van der Waals surface area contributed by atoms with Crippen LogP contribution in [0.3, 0.4) is 0 Å². The first kappa shape index (κ1) is 21.0. The van der Waals surface area contributed by atoms with Crippen LogP contribution in [0.15, 0.2) is 77.7 Å². The lowest BCUT2D eigenvalue weighted by molar-refractivity contribution is 0.102. The number of aromatic nitrogens is 1. The van der Waals surface area contributed by atoms with Crippen LogP contribution in [0, 0.1) is 6.92 Å². The van der Waals surface area contributed by atoms with Crippen LogP contribution in [0.5, 0.6) is 0 Å². The number of thiazole rings is 1. The molecule has 0 saturated carbocycles. The molecular formula is C23H21N3O3S2. The van der Waals surface area contributed by atoms with Crippen molar-refractivity contribution in [2.45, 2.75) is 18.7 Å². The number of hydrogen-bond donors (Lipinski definition) is 1. The lowest BCUT2D eigenvalue weighted by Gasteiger charge is -2.24. The standard InChI is InChI=1S/C23H21N3O3S2/c1-3-26(18-9-5-4-6-10-18)31(28,29)21-15-17(14-13-16(21)2)22(27)25-23-24-19-11-7-8-12-20(19)30-23/h4-15H,3H2,1-2H3,(H,24,25,27). The number of nitrogens with one attached hydrogen (secondary N) is 1. The van der Waals surface area contributed by atoms with E-state index in [0.29, 0.717) is 16.4 Å². The molecule has 0 fully saturated rings. The number of carbonyl (C=O) groups is 1. The molecule has 6 nitrogen and oxygen atoms in total. The number of aryl methyl sites for hydroxylation is 1. The Hall–Kier alpha value is -3.23. The van der Waals surface area contributed by atoms with Gasteiger partial charge >= 0.3 is 0 Å². The number of carbonyl (C=O) groups excluding carboxylic acids is 1. The molecule has 0 aliphatic carbocycles. The summed E-state index contributed by atoms with van der Waals surface area (Å²) in [5.74, 6) is -0.404. The molecule has 0 aliphatic rings. The molecule has 0 bridgehead atoms. The van der Waals surface area contributed by atoms with Gasteiger partial charge in [0.1, 0.15) is 0 Å². The molecule has 1 heterocycles. The van der Waals surface area contributed by atoms with E-state index in [0.717, 1.165) is 10.2 Å². The third kappa shape index (κ3) is 4.17. The highest BCUT2D eigenvalue weighted by atomic mass is 32.2. The molecule has 0 radical (unpaired) electrons. The molecule has 158 valence electrons. The second-order valence-corrected chi connectivity index (χ2v) is 9.79. The highest BCUT2D eigenvalue weighted by Gasteiger charge is 2.26. The van der Waals surface area contributed by atoms with Gasteiger partial charge < -0.3 is 0 Å². The van der Waals surface area contributed by atoms with E-state index in [1.165, 1.54) is 21.7 Å². The highest BCUT2D eigenvalue weighted by Crippen LogP contribution is 2.28. The molecular weight excluding hydrogens is 430 g/mol. The Balaban J connectivity index is 1.66. The van der Waals surface area contributed by atoms with Crippen LogP contribution < -0.4 is 9.62 Å². The molecule has 8 heteroatoms. The maximum absolute atomic E-state index is 13.4. The van der Waals surface area contributed by atoms with Crippen LogP contribution in [-0.2, 0) is 10.0 Å². The van der Waals surface area contributed by atoms with Gasteiger partial charge in [0.25, 0.3) is 15.9 Å². The van der Waals surface area contributed by atoms with Gasteiger partial charge in [0.05, 0.1) is 20.8 Å². The normalized spacial score (nSPS) is 11.4. The lowest BCUT2D eigenvalue weighted by atomic mass is 10.1. The van der Waals surface area contributed by atoms with Gasteiger partial charge in [-0.05, 0) is 55.8 Å². The Morgan fingerprint density at radius 1 is 1.03 bits per heavy atom. The fourth-order valence-electron chi connectivity index (χ4n) is 3.32. The van der Waals surface area contributed by atoms with Crippen molar-refractivity contribution >= 4 is 48.3 Å². The maximum Gasteiger partial charge on any atom is 0.264 e. The van der Waals surface area contributed by atoms with Crippen LogP contribution in [0.4, 0.5) is 10.8 Å². The smallest absolute Gasteiger partial charge is 0.264 e. The van der Waals surface area contributed by atoms with Gasteiger partial charge in [0, 0.05) is 12.1 Å². The van der Waals surface area contributed by atoms with E-state index in [9.17, 15) is 13.2 Å². The molecule has 4 rings (SSSR count). The average molecular weight is 452 g/mol. The van der Waals surface area contributed by atoms with Crippen LogP contribution in [-0.4, -0.2) is 25.9 Å². The van der Waals surface area contributed by atoms with Gasteiger partial charge in [0.2, 0.25) is 0 Å². The molecule has 0 spiro atoms. The van der Waals surface area contributed by atoms with Crippen molar-refractivity contribution in [2.24, 2.45) is 0 Å². The quantitative estimate of drug-likeness (QED) is 0.444. The lowest BCUT2D eigenvalue weighted by Crippen LogP contribution is -2.31. The number of nitrogens with zero attached hydrogens (tertiary/aromatic N) is 2. The van der Waals surface area contributed by atoms with E-state index in [1.54, 1.807) is 50.2 Å². The number of benzene rings is 3. The zero-order valence-corrected chi connectivity index (χ0v) is 18.7. The zero-order valence-electron chi connectivity index (χ0n) is 17.1. The highest BCUT2D eigenvalue weighted by molar-refractivity contribution is 7.92. The van der Waals surface area contributed by atoms with Crippen molar-refractivity contribution in [3.05, 3.63) is 83.9 Å². The van der Waals surface area contributed by atoms with E-state index in [4.69, 9.17) is 0 Å². The first-order valence-corrected chi connectivity index (χ1v) is 12.0. The van der Waals surface area contributed by atoms with E-state index >= 15 is 0 Å². The van der Waals surface area contributed by atoms with Crippen molar-refractivity contribution in [3.8, 4) is 0 Å². The van der Waals surface area contributed by atoms with Gasteiger partial charge in [-0.2, -0.15) is 0 Å². The van der Waals surface area contributed by atoms with Crippen molar-refractivity contribution in [1.29, 1.82) is 0 Å². The number of para-hydroxylation sites is 2. The van der Waals surface area contributed by atoms with Crippen molar-refractivity contribution in [2.75, 3.05) is 16.2 Å². The number of amides is 1. The van der Waals surface area contributed by atoms with Crippen molar-refractivity contribution in [1.82, 2.24) is 4.98 Å². The van der Waals surface area contributed by atoms with Gasteiger partial charge in [0.15, 0.2) is 5.13 Å². The Labute approximate surface area is 185 Å². The molecule has 0 unspecified atom stereocenters. The van der Waals surface area contributed by atoms with Crippen LogP contribution in [0.25, 0.3) is 10.2 Å². The maximum atomic E-state index is 13.4. The molecule has 1 aromatic heterocycles. The van der Waals surface area contributed by atoms with Crippen molar-refractivity contribution in [3.63, 3.8) is 0 Å². The summed E-state index contributed by atoms with van der Waals surface area (Å²) in [6.07, 6.45) is 0. The first-order chi connectivity index (χ1) is 14.9. The Morgan fingerprint density at radius 3 is 2.45 bits per heavy atom. The summed E-state index contributed by atoms with van der Waals surface area (Å²) in [4.78, 5) is 17.4. The molecule has 31 heavy (non-hydrogen) atoms. The largest absolute Gasteiger partial charge is 0.298 e. The summed E-state index contributed by atoms with van der Waals surface area (Å²) in [6, 6.07) is 21.2. The van der Waals surface area contributed by atoms with Crippen LogP contribution in [0.2, 0.25) is 0 Å². The molecule has 0 atom stereocenters. The minimum atomic E-state index is -3.84. The van der Waals surface area contributed by atoms with Gasteiger partial charge in [-0.1, -0.05) is 47.7 Å². The third-order valence-corrected chi connectivity index (χ3v) is 7.86. The number of hydrogen-bond acceptors (Lipinski definition) is 5. The van der Waals surface area contributed by atoms with Gasteiger partial charge in [-0.25, -0.2) is 13.4 Å². The Morgan fingerprint density at radius 2 is 1.74 bits per heavy atom. The predicted octanol–water partition coefficient (Wildman–Crippen LogP) is 5.07. The minimum Gasteiger partial charge on any atom is -0.298 e. The second-order valence-electron chi connectivity index (χ2n) is 6.93. The number of sulfonamides is 1. The van der Waals surface area contributed by atoms with Crippen molar-refractivity contribution < 1.29 is 13.2 Å². The summed E-state index contributed by atoms with van der Waals surface area (Å²) in [5.41, 5.74) is 2.21. The summed E-state index contributed by atoms with van der Waals surface area (Å²) in [7, 11) is -3.84. The summed E-state index contributed by atoms with van der Waals surface area (Å²) >= 11 is 1.37. The fourth-order valence-corrected chi connectivity index (χ4v) is 5.91. The van der Waals surface area contributed by atoms with Gasteiger partial charge in [-0.15, -0.1) is 0 Å². The SMILES string of the molecule is CCN(c1ccccc1)S(=O)(=O)c1cc(C(=O)Nc2nc3ccccc3s2)ccc1C. The molecule has 1 N–H and O–H groups in total. The first-order valence-electron chi connectivity index (χ1n) is 9.75. The monoisotopic (exact) mass is 451 g/mol. The molecule has 4 aromatic rings. The Kier molecular flexibility index (Phi) is 5.75. The number of fused-ring (bicyclic) bond motifs is 1. The average Bonchev–Trinajstić information content (AvgIpc) is 3.17. The summed E-state index contributed by atoms with van der Waals surface area (Å²) < 4.78 is 29.1. The molecule has 0 aliphatic heterocycles. The fraction of sp³-hybridized carbons (Fsp3) is 0.130. The Bertz CT molecular complexity index is 1320. The molecule has 1 amide bonds. The predicted molar refractivity (Wildman–Crippen MR) is 125 cm³/mol. The third-order valence-electron chi connectivity index (χ3n) is 4.86. The van der Waals surface area contributed by atoms with E-state index < -0.39 is 15.9 Å². The molecule has 0 saturated heterocycles. The number of rotatable bonds is 6. The van der Waals surface area contributed by atoms with E-state index in [1.807, 2.05) is 30.3 Å².